The van der Waals surface area contributed by atoms with E-state index < -0.39 is 11.4 Å². The lowest BCUT2D eigenvalue weighted by Crippen LogP contribution is -2.44. The maximum Gasteiger partial charge on any atom is 0.419 e. The summed E-state index contributed by atoms with van der Waals surface area (Å²) >= 11 is 0. The molecule has 1 aromatic heterocycles. The summed E-state index contributed by atoms with van der Waals surface area (Å²) in [5.74, 6) is -0.747. The van der Waals surface area contributed by atoms with E-state index >= 15 is 0 Å². The zero-order valence-electron chi connectivity index (χ0n) is 6.53. The summed E-state index contributed by atoms with van der Waals surface area (Å²) in [5, 5.41) is 0.781. The highest BCUT2D eigenvalue weighted by atomic mass is 16.4. The monoisotopic (exact) mass is 175 g/mol. The number of H-pyrrole nitrogens is 1. The Kier molecular flexibility index (Phi) is 1.61. The molecule has 0 spiro atoms. The Hall–Kier alpha value is -2.06. The van der Waals surface area contributed by atoms with E-state index in [0.29, 0.717) is 10.6 Å². The van der Waals surface area contributed by atoms with Gasteiger partial charge in [0.2, 0.25) is 0 Å². The highest BCUT2D eigenvalue weighted by molar-refractivity contribution is 5.44. The average Bonchev–Trinajstić information content (AvgIpc) is 2.28. The molecule has 13 heavy (non-hydrogen) atoms. The van der Waals surface area contributed by atoms with Crippen LogP contribution in [0.15, 0.2) is 31.9 Å². The van der Waals surface area contributed by atoms with Gasteiger partial charge in [0.05, 0.1) is 10.6 Å². The lowest BCUT2D eigenvalue weighted by Gasteiger charge is -1.84. The van der Waals surface area contributed by atoms with Gasteiger partial charge in [0, 0.05) is 0 Å². The van der Waals surface area contributed by atoms with Crippen molar-refractivity contribution in [2.24, 2.45) is 0 Å². The second-order valence-corrected chi connectivity index (χ2v) is 2.46. The highest BCUT2D eigenvalue weighted by Crippen LogP contribution is 1.73. The van der Waals surface area contributed by atoms with Crippen LogP contribution in [0.2, 0.25) is 0 Å². The number of aromatic nitrogens is 1. The molecule has 0 saturated heterocycles. The number of hydrogen-bond donors (Lipinski definition) is 1. The summed E-state index contributed by atoms with van der Waals surface area (Å²) in [6, 6.07) is 0. The van der Waals surface area contributed by atoms with Crippen LogP contribution < -0.4 is 21.9 Å². The van der Waals surface area contributed by atoms with Gasteiger partial charge in [0.1, 0.15) is 0 Å². The van der Waals surface area contributed by atoms with Gasteiger partial charge in [-0.05, 0) is 24.3 Å². The van der Waals surface area contributed by atoms with Crippen LogP contribution in [0.4, 0.5) is 0 Å². The lowest BCUT2D eigenvalue weighted by atomic mass is 10.4. The van der Waals surface area contributed by atoms with Crippen LogP contribution in [-0.4, -0.2) is 4.98 Å². The van der Waals surface area contributed by atoms with E-state index in [0.717, 1.165) is 0 Å². The Morgan fingerprint density at radius 1 is 1.23 bits per heavy atom. The van der Waals surface area contributed by atoms with E-state index in [4.69, 9.17) is 0 Å². The SMILES string of the molecule is O=c1[nH]c2c(c(=O)o1)=CC=C=CC=2. The average molecular weight is 175 g/mol. The minimum absolute atomic E-state index is 0.334. The van der Waals surface area contributed by atoms with Crippen molar-refractivity contribution in [2.75, 3.05) is 0 Å². The summed E-state index contributed by atoms with van der Waals surface area (Å²) in [4.78, 5) is 24.3. The second kappa shape index (κ2) is 2.77. The molecular weight excluding hydrogens is 170 g/mol. The molecule has 4 heteroatoms. The van der Waals surface area contributed by atoms with Crippen molar-refractivity contribution in [3.8, 4) is 0 Å². The van der Waals surface area contributed by atoms with Gasteiger partial charge in [0.25, 0.3) is 0 Å². The van der Waals surface area contributed by atoms with Gasteiger partial charge in [-0.3, -0.25) is 4.98 Å². The number of allylic oxidation sites excluding steroid dienone is 1. The predicted molar refractivity (Wildman–Crippen MR) is 46.4 cm³/mol. The van der Waals surface area contributed by atoms with Gasteiger partial charge in [-0.25, -0.2) is 9.59 Å². The fourth-order valence-corrected chi connectivity index (χ4v) is 1.06. The molecule has 1 aromatic rings. The van der Waals surface area contributed by atoms with Crippen molar-refractivity contribution in [2.45, 2.75) is 0 Å². The summed E-state index contributed by atoms with van der Waals surface area (Å²) in [7, 11) is 0. The minimum Gasteiger partial charge on any atom is -0.372 e. The molecule has 0 aromatic carbocycles. The second-order valence-electron chi connectivity index (χ2n) is 2.46. The maximum atomic E-state index is 11.1. The van der Waals surface area contributed by atoms with Gasteiger partial charge in [-0.15, -0.1) is 5.73 Å². The van der Waals surface area contributed by atoms with Gasteiger partial charge in [0.15, 0.2) is 0 Å². The summed E-state index contributed by atoms with van der Waals surface area (Å²) in [5.41, 5.74) is 2.14. The van der Waals surface area contributed by atoms with Gasteiger partial charge in [-0.1, -0.05) is 0 Å². The first kappa shape index (κ1) is 7.58. The number of rotatable bonds is 0. The predicted octanol–water partition coefficient (Wildman–Crippen LogP) is -1.39. The molecule has 0 amide bonds. The highest BCUT2D eigenvalue weighted by Gasteiger charge is 1.95. The van der Waals surface area contributed by atoms with E-state index in [9.17, 15) is 9.59 Å². The van der Waals surface area contributed by atoms with Crippen LogP contribution in [0, 0.1) is 0 Å². The van der Waals surface area contributed by atoms with Gasteiger partial charge < -0.3 is 4.42 Å². The first-order valence-electron chi connectivity index (χ1n) is 3.64. The fraction of sp³-hybridized carbons (Fsp3) is 0. The Morgan fingerprint density at radius 2 is 2.00 bits per heavy atom. The van der Waals surface area contributed by atoms with Crippen LogP contribution in [0.5, 0.6) is 0 Å². The molecule has 4 nitrogen and oxygen atoms in total. The summed E-state index contributed by atoms with van der Waals surface area (Å²) in [6.07, 6.45) is 6.32. The molecule has 1 aliphatic carbocycles. The molecule has 1 heterocycles. The van der Waals surface area contributed by atoms with E-state index in [1.807, 2.05) is 0 Å². The minimum atomic E-state index is -0.747. The molecule has 2 rings (SSSR count). The maximum absolute atomic E-state index is 11.1. The standard InChI is InChI=1S/C9H5NO3/c11-8-6-4-2-1-3-5-7(6)10-9(12)13-8/h2-5H,(H,10,12). The van der Waals surface area contributed by atoms with Crippen LogP contribution in [0.25, 0.3) is 12.2 Å². The van der Waals surface area contributed by atoms with E-state index in [1.54, 1.807) is 18.2 Å². The summed E-state index contributed by atoms with van der Waals surface area (Å²) in [6.45, 7) is 0. The first-order chi connectivity index (χ1) is 6.27. The van der Waals surface area contributed by atoms with Crippen molar-refractivity contribution in [3.63, 3.8) is 0 Å². The largest absolute Gasteiger partial charge is 0.419 e. The van der Waals surface area contributed by atoms with Crippen molar-refractivity contribution >= 4 is 12.2 Å². The Bertz CT molecular complexity index is 624. The smallest absolute Gasteiger partial charge is 0.372 e. The number of aromatic amines is 1. The quantitative estimate of drug-likeness (QED) is 0.494. The van der Waals surface area contributed by atoms with Crippen LogP contribution in [0.3, 0.4) is 0 Å². The van der Waals surface area contributed by atoms with Crippen molar-refractivity contribution in [1.82, 2.24) is 4.98 Å². The topological polar surface area (TPSA) is 63.1 Å². The molecule has 0 atom stereocenters. The lowest BCUT2D eigenvalue weighted by molar-refractivity contribution is 0.440. The number of hydrogen-bond acceptors (Lipinski definition) is 3. The first-order valence-corrected chi connectivity index (χ1v) is 3.64. The molecule has 0 radical (unpaired) electrons. The van der Waals surface area contributed by atoms with E-state index in [1.165, 1.54) is 6.08 Å². The molecule has 0 saturated carbocycles. The molecule has 1 N–H and O–H groups in total. The Morgan fingerprint density at radius 3 is 2.85 bits per heavy atom. The molecule has 0 aliphatic heterocycles. The van der Waals surface area contributed by atoms with Crippen LogP contribution in [-0.2, 0) is 0 Å². The summed E-state index contributed by atoms with van der Waals surface area (Å²) < 4.78 is 4.35. The Labute approximate surface area is 71.8 Å². The molecular formula is C9H5NO3. The third-order valence-corrected chi connectivity index (χ3v) is 1.62. The molecule has 0 fully saturated rings. The van der Waals surface area contributed by atoms with Crippen molar-refractivity contribution in [1.29, 1.82) is 0 Å². The molecule has 1 aliphatic rings. The Balaban J connectivity index is 3.11. The normalized spacial score (nSPS) is 12.6. The molecule has 0 unspecified atom stereocenters. The number of fused-ring (bicyclic) bond motifs is 1. The zero-order chi connectivity index (χ0) is 9.26. The van der Waals surface area contributed by atoms with E-state index in [-0.39, 0.29) is 0 Å². The molecule has 64 valence electrons. The van der Waals surface area contributed by atoms with Crippen molar-refractivity contribution in [3.05, 3.63) is 49.4 Å². The zero-order valence-corrected chi connectivity index (χ0v) is 6.53. The van der Waals surface area contributed by atoms with E-state index in [2.05, 4.69) is 15.1 Å². The van der Waals surface area contributed by atoms with Crippen molar-refractivity contribution < 1.29 is 4.42 Å². The third kappa shape index (κ3) is 1.30. The van der Waals surface area contributed by atoms with Gasteiger partial charge >= 0.3 is 11.4 Å². The van der Waals surface area contributed by atoms with Crippen LogP contribution >= 0.6 is 0 Å². The number of nitrogens with one attached hydrogen (secondary N) is 1. The third-order valence-electron chi connectivity index (χ3n) is 1.62. The fourth-order valence-electron chi connectivity index (χ4n) is 1.06. The van der Waals surface area contributed by atoms with Gasteiger partial charge in [-0.2, -0.15) is 0 Å². The van der Waals surface area contributed by atoms with Crippen LogP contribution in [0.1, 0.15) is 0 Å². The molecule has 0 bridgehead atoms.